The molecule has 0 fully saturated rings. The van der Waals surface area contributed by atoms with Crippen LogP contribution >= 0.6 is 0 Å². The van der Waals surface area contributed by atoms with Gasteiger partial charge in [-0.2, -0.15) is 0 Å². The third-order valence-electron chi connectivity index (χ3n) is 4.50. The first-order valence-corrected chi connectivity index (χ1v) is 8.71. The number of hydrogen-bond donors (Lipinski definition) is 0. The minimum Gasteiger partial charge on any atom is -0.308 e. The normalized spacial score (nSPS) is 14.5. The number of rotatable bonds is 1. The Kier molecular flexibility index (Phi) is 3.76. The van der Waals surface area contributed by atoms with Crippen LogP contribution in [0.3, 0.4) is 0 Å². The van der Waals surface area contributed by atoms with E-state index < -0.39 is 0 Å². The number of benzene rings is 2. The Morgan fingerprint density at radius 3 is 2.31 bits per heavy atom. The molecule has 0 saturated heterocycles. The molecule has 4 rings (SSSR count). The standard InChI is InChI=1S/C22H21N3O/c1-22(2,3)25-14-13-24(17-10-5-4-6-11-17)20-18(21(25)26)15-16-9-7-8-12-19(16)23-20/h4-15H,1-3H3. The van der Waals surface area contributed by atoms with Gasteiger partial charge in [0.1, 0.15) is 0 Å². The largest absolute Gasteiger partial charge is 0.308 e. The minimum atomic E-state index is -0.330. The highest BCUT2D eigenvalue weighted by atomic mass is 16.2. The van der Waals surface area contributed by atoms with Crippen LogP contribution in [0.2, 0.25) is 0 Å². The zero-order valence-electron chi connectivity index (χ0n) is 15.2. The fraction of sp³-hybridized carbons (Fsp3) is 0.182. The van der Waals surface area contributed by atoms with Crippen LogP contribution in [0.1, 0.15) is 31.1 Å². The van der Waals surface area contributed by atoms with Crippen LogP contribution in [0.15, 0.2) is 73.1 Å². The number of hydrogen-bond acceptors (Lipinski definition) is 3. The van der Waals surface area contributed by atoms with Crippen LogP contribution in [0.4, 0.5) is 11.5 Å². The maximum absolute atomic E-state index is 13.3. The summed E-state index contributed by atoms with van der Waals surface area (Å²) in [4.78, 5) is 21.9. The van der Waals surface area contributed by atoms with E-state index in [0.29, 0.717) is 11.4 Å². The number of carbonyl (C=O) groups excluding carboxylic acids is 1. The third kappa shape index (κ3) is 2.73. The molecule has 0 spiro atoms. The van der Waals surface area contributed by atoms with Crippen molar-refractivity contribution in [3.05, 3.63) is 78.6 Å². The van der Waals surface area contributed by atoms with Gasteiger partial charge in [0.2, 0.25) is 0 Å². The average molecular weight is 343 g/mol. The first-order valence-electron chi connectivity index (χ1n) is 8.71. The Bertz CT molecular complexity index is 1000. The van der Waals surface area contributed by atoms with Gasteiger partial charge in [-0.3, -0.25) is 9.69 Å². The van der Waals surface area contributed by atoms with Gasteiger partial charge in [0.25, 0.3) is 5.91 Å². The van der Waals surface area contributed by atoms with E-state index in [4.69, 9.17) is 4.98 Å². The SMILES string of the molecule is CC(C)(C)N1C=CN(c2ccccc2)c2nc3ccccc3cc2C1=O. The molecule has 4 nitrogen and oxygen atoms in total. The van der Waals surface area contributed by atoms with Crippen molar-refractivity contribution in [3.8, 4) is 0 Å². The first kappa shape index (κ1) is 16.3. The summed E-state index contributed by atoms with van der Waals surface area (Å²) in [5.41, 5.74) is 2.12. The number of amides is 1. The Hall–Kier alpha value is -3.14. The van der Waals surface area contributed by atoms with Crippen LogP contribution in [-0.4, -0.2) is 21.3 Å². The quantitative estimate of drug-likeness (QED) is 0.617. The van der Waals surface area contributed by atoms with E-state index in [-0.39, 0.29) is 11.4 Å². The van der Waals surface area contributed by atoms with E-state index >= 15 is 0 Å². The molecular formula is C22H21N3O. The summed E-state index contributed by atoms with van der Waals surface area (Å²) < 4.78 is 0. The zero-order chi connectivity index (χ0) is 18.3. The van der Waals surface area contributed by atoms with Crippen molar-refractivity contribution in [2.24, 2.45) is 0 Å². The van der Waals surface area contributed by atoms with Gasteiger partial charge >= 0.3 is 0 Å². The molecule has 0 radical (unpaired) electrons. The van der Waals surface area contributed by atoms with Gasteiger partial charge in [-0.15, -0.1) is 0 Å². The van der Waals surface area contributed by atoms with E-state index in [1.165, 1.54) is 0 Å². The summed E-state index contributed by atoms with van der Waals surface area (Å²) in [7, 11) is 0. The molecule has 0 bridgehead atoms. The van der Waals surface area contributed by atoms with Gasteiger partial charge in [0.15, 0.2) is 5.82 Å². The lowest BCUT2D eigenvalue weighted by Gasteiger charge is -2.32. The highest BCUT2D eigenvalue weighted by molar-refractivity contribution is 6.04. The van der Waals surface area contributed by atoms with E-state index in [0.717, 1.165) is 16.6 Å². The summed E-state index contributed by atoms with van der Waals surface area (Å²) >= 11 is 0. The number of para-hydroxylation sites is 2. The monoisotopic (exact) mass is 343 g/mol. The van der Waals surface area contributed by atoms with E-state index in [1.54, 1.807) is 4.90 Å². The third-order valence-corrected chi connectivity index (χ3v) is 4.50. The second-order valence-corrected chi connectivity index (χ2v) is 7.40. The molecule has 1 aliphatic rings. The molecule has 2 heterocycles. The van der Waals surface area contributed by atoms with Crippen molar-refractivity contribution >= 4 is 28.3 Å². The van der Waals surface area contributed by atoms with E-state index in [1.807, 2.05) is 98.7 Å². The van der Waals surface area contributed by atoms with Crippen molar-refractivity contribution in [2.45, 2.75) is 26.3 Å². The smallest absolute Gasteiger partial charge is 0.262 e. The van der Waals surface area contributed by atoms with Crippen molar-refractivity contribution in [3.63, 3.8) is 0 Å². The molecule has 0 aliphatic carbocycles. The van der Waals surface area contributed by atoms with Crippen molar-refractivity contribution in [1.29, 1.82) is 0 Å². The van der Waals surface area contributed by atoms with Crippen molar-refractivity contribution in [1.82, 2.24) is 9.88 Å². The maximum atomic E-state index is 13.3. The molecule has 1 aliphatic heterocycles. The van der Waals surface area contributed by atoms with Gasteiger partial charge in [0, 0.05) is 29.0 Å². The number of aromatic nitrogens is 1. The van der Waals surface area contributed by atoms with Crippen LogP contribution in [-0.2, 0) is 0 Å². The lowest BCUT2D eigenvalue weighted by atomic mass is 10.0. The Balaban J connectivity index is 1.99. The summed E-state index contributed by atoms with van der Waals surface area (Å²) in [5.74, 6) is 0.614. The molecule has 0 unspecified atom stereocenters. The summed E-state index contributed by atoms with van der Waals surface area (Å²) in [6.45, 7) is 6.09. The topological polar surface area (TPSA) is 36.4 Å². The van der Waals surface area contributed by atoms with E-state index in [9.17, 15) is 4.79 Å². The Morgan fingerprint density at radius 1 is 0.885 bits per heavy atom. The van der Waals surface area contributed by atoms with Crippen LogP contribution < -0.4 is 4.90 Å². The van der Waals surface area contributed by atoms with Crippen molar-refractivity contribution in [2.75, 3.05) is 4.90 Å². The maximum Gasteiger partial charge on any atom is 0.262 e. The summed E-state index contributed by atoms with van der Waals surface area (Å²) in [5, 5.41) is 0.961. The molecule has 3 aromatic rings. The van der Waals surface area contributed by atoms with Crippen LogP contribution in [0.25, 0.3) is 10.9 Å². The van der Waals surface area contributed by atoms with Gasteiger partial charge < -0.3 is 4.90 Å². The second kappa shape index (κ2) is 5.99. The molecule has 1 aromatic heterocycles. The van der Waals surface area contributed by atoms with Gasteiger partial charge in [-0.25, -0.2) is 4.98 Å². The Labute approximate surface area is 153 Å². The fourth-order valence-electron chi connectivity index (χ4n) is 3.17. The highest BCUT2D eigenvalue weighted by Crippen LogP contribution is 2.34. The average Bonchev–Trinajstić information content (AvgIpc) is 2.77. The zero-order valence-corrected chi connectivity index (χ0v) is 15.2. The molecule has 4 heteroatoms. The predicted octanol–water partition coefficient (Wildman–Crippen LogP) is 5.10. The summed E-state index contributed by atoms with van der Waals surface area (Å²) in [6.07, 6.45) is 3.77. The second-order valence-electron chi connectivity index (χ2n) is 7.40. The van der Waals surface area contributed by atoms with Crippen LogP contribution in [0, 0.1) is 0 Å². The molecule has 2 aromatic carbocycles. The number of fused-ring (bicyclic) bond motifs is 2. The van der Waals surface area contributed by atoms with E-state index in [2.05, 4.69) is 0 Å². The highest BCUT2D eigenvalue weighted by Gasteiger charge is 2.31. The number of carbonyl (C=O) groups is 1. The molecule has 0 atom stereocenters. The molecule has 26 heavy (non-hydrogen) atoms. The van der Waals surface area contributed by atoms with Gasteiger partial charge in [-0.1, -0.05) is 36.4 Å². The molecule has 0 saturated carbocycles. The fourth-order valence-corrected chi connectivity index (χ4v) is 3.17. The number of anilines is 2. The van der Waals surface area contributed by atoms with Gasteiger partial charge in [0.05, 0.1) is 11.1 Å². The number of pyridine rings is 1. The predicted molar refractivity (Wildman–Crippen MR) is 105 cm³/mol. The Morgan fingerprint density at radius 2 is 1.58 bits per heavy atom. The lowest BCUT2D eigenvalue weighted by Crippen LogP contribution is -2.41. The van der Waals surface area contributed by atoms with Crippen LogP contribution in [0.5, 0.6) is 0 Å². The first-order chi connectivity index (χ1) is 12.4. The molecular weight excluding hydrogens is 322 g/mol. The van der Waals surface area contributed by atoms with Gasteiger partial charge in [-0.05, 0) is 45.0 Å². The van der Waals surface area contributed by atoms with Crippen molar-refractivity contribution < 1.29 is 4.79 Å². The lowest BCUT2D eigenvalue weighted by molar-refractivity contribution is 0.0707. The minimum absolute atomic E-state index is 0.0413. The number of nitrogens with zero attached hydrogens (tertiary/aromatic N) is 3. The molecule has 1 amide bonds. The summed E-state index contributed by atoms with van der Waals surface area (Å²) in [6, 6.07) is 19.8. The molecule has 130 valence electrons. The molecule has 0 N–H and O–H groups in total.